The molecule has 0 aromatic heterocycles. The molecule has 1 unspecified atom stereocenters. The van der Waals surface area contributed by atoms with E-state index in [-0.39, 0.29) is 24.4 Å². The van der Waals surface area contributed by atoms with Gasteiger partial charge in [0.15, 0.2) is 0 Å². The molecule has 122 valence electrons. The van der Waals surface area contributed by atoms with Gasteiger partial charge in [-0.15, -0.1) is 12.4 Å². The monoisotopic (exact) mass is 332 g/mol. The standard InChI is InChI=1S/C18H20N2O2.ClH/c1-12(10-19)20-18(21)22-11-17-15-8-4-2-6-13(15)14-7-3-5-9-16(14)17;/h2-9,12,17H,10-11,19H2,1H3,(H,20,21);1H. The Bertz CT molecular complexity index is 645. The van der Waals surface area contributed by atoms with E-state index < -0.39 is 6.09 Å². The van der Waals surface area contributed by atoms with Crippen LogP contribution in [0.25, 0.3) is 11.1 Å². The molecule has 0 saturated carbocycles. The highest BCUT2D eigenvalue weighted by Gasteiger charge is 2.28. The van der Waals surface area contributed by atoms with Gasteiger partial charge in [-0.25, -0.2) is 4.79 Å². The summed E-state index contributed by atoms with van der Waals surface area (Å²) < 4.78 is 5.41. The number of nitrogens with one attached hydrogen (secondary N) is 1. The zero-order valence-electron chi connectivity index (χ0n) is 13.0. The summed E-state index contributed by atoms with van der Waals surface area (Å²) in [5, 5.41) is 2.72. The van der Waals surface area contributed by atoms with Crippen molar-refractivity contribution in [2.24, 2.45) is 5.73 Å². The largest absolute Gasteiger partial charge is 0.449 e. The minimum atomic E-state index is -0.417. The van der Waals surface area contributed by atoms with Gasteiger partial charge in [-0.1, -0.05) is 48.5 Å². The number of amides is 1. The molecule has 0 saturated heterocycles. The number of alkyl carbamates (subject to hydrolysis) is 1. The molecule has 0 heterocycles. The van der Waals surface area contributed by atoms with Crippen LogP contribution < -0.4 is 11.1 Å². The van der Waals surface area contributed by atoms with Crippen LogP contribution in [0.3, 0.4) is 0 Å². The van der Waals surface area contributed by atoms with Crippen molar-refractivity contribution in [3.05, 3.63) is 59.7 Å². The molecule has 0 aliphatic heterocycles. The summed E-state index contributed by atoms with van der Waals surface area (Å²) in [7, 11) is 0. The summed E-state index contributed by atoms with van der Waals surface area (Å²) in [6, 6.07) is 16.5. The minimum absolute atomic E-state index is 0. The number of ether oxygens (including phenoxy) is 1. The normalized spacial score (nSPS) is 13.5. The van der Waals surface area contributed by atoms with Crippen molar-refractivity contribution in [2.45, 2.75) is 18.9 Å². The Hall–Kier alpha value is -2.04. The molecule has 1 atom stereocenters. The molecule has 0 spiro atoms. The number of halogens is 1. The van der Waals surface area contributed by atoms with Gasteiger partial charge in [0, 0.05) is 18.5 Å². The maximum Gasteiger partial charge on any atom is 0.407 e. The van der Waals surface area contributed by atoms with E-state index in [9.17, 15) is 4.79 Å². The fourth-order valence-electron chi connectivity index (χ4n) is 2.90. The second-order valence-corrected chi connectivity index (χ2v) is 5.61. The van der Waals surface area contributed by atoms with E-state index in [1.165, 1.54) is 22.3 Å². The van der Waals surface area contributed by atoms with Crippen molar-refractivity contribution in [2.75, 3.05) is 13.2 Å². The zero-order chi connectivity index (χ0) is 15.5. The molecule has 0 radical (unpaired) electrons. The molecule has 2 aromatic carbocycles. The number of hydrogen-bond donors (Lipinski definition) is 2. The van der Waals surface area contributed by atoms with Gasteiger partial charge in [0.25, 0.3) is 0 Å². The van der Waals surface area contributed by atoms with Crippen LogP contribution in [0.4, 0.5) is 4.79 Å². The van der Waals surface area contributed by atoms with E-state index in [4.69, 9.17) is 10.5 Å². The average molecular weight is 333 g/mol. The minimum Gasteiger partial charge on any atom is -0.449 e. The Kier molecular flexibility index (Phi) is 5.64. The molecule has 1 amide bonds. The smallest absolute Gasteiger partial charge is 0.407 e. The highest BCUT2D eigenvalue weighted by molar-refractivity contribution is 5.85. The van der Waals surface area contributed by atoms with Crippen LogP contribution >= 0.6 is 12.4 Å². The lowest BCUT2D eigenvalue weighted by Crippen LogP contribution is -2.38. The second kappa shape index (κ2) is 7.49. The summed E-state index contributed by atoms with van der Waals surface area (Å²) in [6.07, 6.45) is -0.417. The number of nitrogens with two attached hydrogens (primary N) is 1. The van der Waals surface area contributed by atoms with Gasteiger partial charge in [-0.2, -0.15) is 0 Å². The van der Waals surface area contributed by atoms with E-state index in [1.807, 2.05) is 31.2 Å². The lowest BCUT2D eigenvalue weighted by molar-refractivity contribution is 0.140. The number of hydrogen-bond acceptors (Lipinski definition) is 3. The van der Waals surface area contributed by atoms with Crippen LogP contribution in [-0.2, 0) is 4.74 Å². The molecule has 2 aromatic rings. The second-order valence-electron chi connectivity index (χ2n) is 5.61. The highest BCUT2D eigenvalue weighted by Crippen LogP contribution is 2.44. The molecule has 23 heavy (non-hydrogen) atoms. The lowest BCUT2D eigenvalue weighted by atomic mass is 9.98. The van der Waals surface area contributed by atoms with Gasteiger partial charge < -0.3 is 15.8 Å². The van der Waals surface area contributed by atoms with Crippen LogP contribution in [0.2, 0.25) is 0 Å². The van der Waals surface area contributed by atoms with Crippen molar-refractivity contribution < 1.29 is 9.53 Å². The number of fused-ring (bicyclic) bond motifs is 3. The first-order chi connectivity index (χ1) is 10.7. The first-order valence-electron chi connectivity index (χ1n) is 7.52. The number of carbonyl (C=O) groups excluding carboxylic acids is 1. The Morgan fingerprint density at radius 3 is 2.17 bits per heavy atom. The van der Waals surface area contributed by atoms with Crippen LogP contribution in [-0.4, -0.2) is 25.3 Å². The first-order valence-corrected chi connectivity index (χ1v) is 7.52. The molecule has 5 heteroatoms. The third-order valence-corrected chi connectivity index (χ3v) is 4.06. The Labute approximate surface area is 142 Å². The van der Waals surface area contributed by atoms with Crippen LogP contribution in [0.5, 0.6) is 0 Å². The molecule has 4 nitrogen and oxygen atoms in total. The predicted molar refractivity (Wildman–Crippen MR) is 94.0 cm³/mol. The van der Waals surface area contributed by atoms with E-state index in [0.29, 0.717) is 13.2 Å². The van der Waals surface area contributed by atoms with Crippen molar-refractivity contribution in [3.63, 3.8) is 0 Å². The molecule has 0 bridgehead atoms. The van der Waals surface area contributed by atoms with E-state index >= 15 is 0 Å². The maximum absolute atomic E-state index is 11.8. The maximum atomic E-state index is 11.8. The van der Waals surface area contributed by atoms with E-state index in [1.54, 1.807) is 0 Å². The molecule has 3 rings (SSSR count). The Balaban J connectivity index is 0.00000192. The SMILES string of the molecule is CC(CN)NC(=O)OCC1c2ccccc2-c2ccccc21.Cl. The van der Waals surface area contributed by atoms with Crippen molar-refractivity contribution in [1.82, 2.24) is 5.32 Å². The van der Waals surface area contributed by atoms with Crippen molar-refractivity contribution >= 4 is 18.5 Å². The van der Waals surface area contributed by atoms with Crippen molar-refractivity contribution in [1.29, 1.82) is 0 Å². The third kappa shape index (κ3) is 3.49. The summed E-state index contributed by atoms with van der Waals surface area (Å²) in [4.78, 5) is 11.8. The molecule has 3 N–H and O–H groups in total. The number of benzene rings is 2. The lowest BCUT2D eigenvalue weighted by Gasteiger charge is -2.16. The van der Waals surface area contributed by atoms with Gasteiger partial charge in [-0.3, -0.25) is 0 Å². The molecule has 1 aliphatic carbocycles. The highest BCUT2D eigenvalue weighted by atomic mass is 35.5. The summed E-state index contributed by atoms with van der Waals surface area (Å²) in [5.41, 5.74) is 10.4. The summed E-state index contributed by atoms with van der Waals surface area (Å²) in [6.45, 7) is 2.57. The molecule has 0 fully saturated rings. The quantitative estimate of drug-likeness (QED) is 0.903. The third-order valence-electron chi connectivity index (χ3n) is 4.06. The Morgan fingerprint density at radius 1 is 1.13 bits per heavy atom. The van der Waals surface area contributed by atoms with Crippen LogP contribution in [0.1, 0.15) is 24.0 Å². The van der Waals surface area contributed by atoms with Crippen LogP contribution in [0, 0.1) is 0 Å². The number of carbonyl (C=O) groups is 1. The van der Waals surface area contributed by atoms with Crippen molar-refractivity contribution in [3.8, 4) is 11.1 Å². The predicted octanol–water partition coefficient (Wildman–Crippen LogP) is 3.29. The van der Waals surface area contributed by atoms with Gasteiger partial charge in [0.1, 0.15) is 6.61 Å². The molecular formula is C18H21ClN2O2. The summed E-state index contributed by atoms with van der Waals surface area (Å²) >= 11 is 0. The van der Waals surface area contributed by atoms with Crippen LogP contribution in [0.15, 0.2) is 48.5 Å². The van der Waals surface area contributed by atoms with E-state index in [2.05, 4.69) is 29.6 Å². The number of rotatable bonds is 4. The van der Waals surface area contributed by atoms with E-state index in [0.717, 1.165) is 0 Å². The van der Waals surface area contributed by atoms with Gasteiger partial charge >= 0.3 is 6.09 Å². The zero-order valence-corrected chi connectivity index (χ0v) is 13.8. The molecular weight excluding hydrogens is 312 g/mol. The molecule has 1 aliphatic rings. The fourth-order valence-corrected chi connectivity index (χ4v) is 2.90. The van der Waals surface area contributed by atoms with Gasteiger partial charge in [0.2, 0.25) is 0 Å². The topological polar surface area (TPSA) is 64.3 Å². The Morgan fingerprint density at radius 2 is 1.65 bits per heavy atom. The average Bonchev–Trinajstić information content (AvgIpc) is 2.87. The van der Waals surface area contributed by atoms with Gasteiger partial charge in [0.05, 0.1) is 0 Å². The first kappa shape index (κ1) is 17.3. The fraction of sp³-hybridized carbons (Fsp3) is 0.278. The summed E-state index contributed by atoms with van der Waals surface area (Å²) in [5.74, 6) is 0.0892. The van der Waals surface area contributed by atoms with Gasteiger partial charge in [-0.05, 0) is 29.2 Å².